The number of hydrogen-bond acceptors (Lipinski definition) is 2. The molecule has 0 aliphatic heterocycles. The number of hydrogen-bond donors (Lipinski definition) is 2. The minimum atomic E-state index is -0.372. The van der Waals surface area contributed by atoms with E-state index in [4.69, 9.17) is 5.73 Å². The molecule has 18 heavy (non-hydrogen) atoms. The molecule has 0 bridgehead atoms. The van der Waals surface area contributed by atoms with Gasteiger partial charge in [-0.05, 0) is 30.0 Å². The quantitative estimate of drug-likeness (QED) is 0.866. The Hall–Kier alpha value is -1.42. The molecule has 0 aliphatic rings. The highest BCUT2D eigenvalue weighted by atomic mass is 19.1. The van der Waals surface area contributed by atoms with Crippen LogP contribution in [0.15, 0.2) is 18.2 Å². The lowest BCUT2D eigenvalue weighted by Crippen LogP contribution is -2.48. The van der Waals surface area contributed by atoms with E-state index >= 15 is 0 Å². The molecule has 0 heterocycles. The summed E-state index contributed by atoms with van der Waals surface area (Å²) in [5, 5.41) is 2.84. The number of amides is 1. The van der Waals surface area contributed by atoms with Gasteiger partial charge >= 0.3 is 0 Å². The molecule has 1 amide bonds. The van der Waals surface area contributed by atoms with Gasteiger partial charge in [0.05, 0.1) is 0 Å². The Labute approximate surface area is 108 Å². The zero-order chi connectivity index (χ0) is 13.9. The van der Waals surface area contributed by atoms with E-state index in [1.165, 1.54) is 6.07 Å². The highest BCUT2D eigenvalue weighted by molar-refractivity contribution is 5.94. The van der Waals surface area contributed by atoms with Crippen molar-refractivity contribution in [1.29, 1.82) is 0 Å². The van der Waals surface area contributed by atoms with Crippen molar-refractivity contribution in [3.05, 3.63) is 35.1 Å². The molecular weight excluding hydrogens is 231 g/mol. The molecular formula is C14H21FN2O. The number of nitrogens with two attached hydrogens (primary N) is 1. The van der Waals surface area contributed by atoms with E-state index in [1.54, 1.807) is 19.1 Å². The Morgan fingerprint density at radius 3 is 2.50 bits per heavy atom. The van der Waals surface area contributed by atoms with Gasteiger partial charge < -0.3 is 11.1 Å². The molecule has 1 unspecified atom stereocenters. The van der Waals surface area contributed by atoms with Crippen molar-refractivity contribution in [3.8, 4) is 0 Å². The maximum atomic E-state index is 13.4. The van der Waals surface area contributed by atoms with Crippen molar-refractivity contribution in [2.45, 2.75) is 33.7 Å². The maximum Gasteiger partial charge on any atom is 0.251 e. The standard InChI is InChI=1S/C14H21FN2O/c1-9-5-6-10(7-11(9)15)13(18)17-12(8-16)14(2,3)4/h5-7,12H,8,16H2,1-4H3,(H,17,18). The van der Waals surface area contributed by atoms with Gasteiger partial charge in [-0.2, -0.15) is 0 Å². The predicted octanol–water partition coefficient (Wildman–Crippen LogP) is 2.24. The molecule has 0 aromatic heterocycles. The van der Waals surface area contributed by atoms with Crippen LogP contribution < -0.4 is 11.1 Å². The SMILES string of the molecule is Cc1ccc(C(=O)NC(CN)C(C)(C)C)cc1F. The first-order valence-corrected chi connectivity index (χ1v) is 6.02. The van der Waals surface area contributed by atoms with Crippen molar-refractivity contribution in [2.75, 3.05) is 6.54 Å². The van der Waals surface area contributed by atoms with Crippen molar-refractivity contribution in [2.24, 2.45) is 11.1 Å². The first kappa shape index (κ1) is 14.6. The Balaban J connectivity index is 2.85. The average molecular weight is 252 g/mol. The number of aryl methyl sites for hydroxylation is 1. The summed E-state index contributed by atoms with van der Waals surface area (Å²) >= 11 is 0. The highest BCUT2D eigenvalue weighted by Gasteiger charge is 2.25. The van der Waals surface area contributed by atoms with Crippen molar-refractivity contribution in [3.63, 3.8) is 0 Å². The number of halogens is 1. The van der Waals surface area contributed by atoms with Gasteiger partial charge in [-0.1, -0.05) is 26.8 Å². The molecule has 100 valence electrons. The lowest BCUT2D eigenvalue weighted by Gasteiger charge is -2.30. The fraction of sp³-hybridized carbons (Fsp3) is 0.500. The first-order chi connectivity index (χ1) is 8.25. The van der Waals surface area contributed by atoms with Gasteiger partial charge in [0, 0.05) is 18.2 Å². The van der Waals surface area contributed by atoms with Gasteiger partial charge in [-0.3, -0.25) is 4.79 Å². The van der Waals surface area contributed by atoms with Gasteiger partial charge in [0.2, 0.25) is 0 Å². The van der Waals surface area contributed by atoms with Crippen molar-refractivity contribution < 1.29 is 9.18 Å². The van der Waals surface area contributed by atoms with E-state index in [9.17, 15) is 9.18 Å². The Bertz CT molecular complexity index is 438. The third-order valence-electron chi connectivity index (χ3n) is 3.02. The Morgan fingerprint density at radius 1 is 1.44 bits per heavy atom. The number of carbonyl (C=O) groups is 1. The van der Waals surface area contributed by atoms with E-state index in [2.05, 4.69) is 5.32 Å². The fourth-order valence-corrected chi connectivity index (χ4v) is 1.60. The molecule has 0 fully saturated rings. The van der Waals surface area contributed by atoms with Crippen LogP contribution in [0.2, 0.25) is 0 Å². The molecule has 1 aromatic carbocycles. The van der Waals surface area contributed by atoms with Gasteiger partial charge in [0.1, 0.15) is 5.82 Å². The van der Waals surface area contributed by atoms with Crippen molar-refractivity contribution >= 4 is 5.91 Å². The fourth-order valence-electron chi connectivity index (χ4n) is 1.60. The Kier molecular flexibility index (Phi) is 4.46. The van der Waals surface area contributed by atoms with Crippen LogP contribution in [0.5, 0.6) is 0 Å². The molecule has 0 radical (unpaired) electrons. The van der Waals surface area contributed by atoms with Crippen LogP contribution in [-0.4, -0.2) is 18.5 Å². The van der Waals surface area contributed by atoms with Gasteiger partial charge in [-0.25, -0.2) is 4.39 Å². The van der Waals surface area contributed by atoms with Gasteiger partial charge in [-0.15, -0.1) is 0 Å². The number of benzene rings is 1. The average Bonchev–Trinajstić information content (AvgIpc) is 2.27. The van der Waals surface area contributed by atoms with Crippen LogP contribution in [0.4, 0.5) is 4.39 Å². The van der Waals surface area contributed by atoms with Crippen LogP contribution in [-0.2, 0) is 0 Å². The minimum Gasteiger partial charge on any atom is -0.348 e. The summed E-state index contributed by atoms with van der Waals surface area (Å²) in [5.41, 5.74) is 6.37. The molecule has 0 saturated heterocycles. The summed E-state index contributed by atoms with van der Waals surface area (Å²) in [6.45, 7) is 8.01. The summed E-state index contributed by atoms with van der Waals surface area (Å²) in [7, 11) is 0. The summed E-state index contributed by atoms with van der Waals surface area (Å²) < 4.78 is 13.4. The molecule has 3 nitrogen and oxygen atoms in total. The Morgan fingerprint density at radius 2 is 2.06 bits per heavy atom. The van der Waals surface area contributed by atoms with E-state index < -0.39 is 0 Å². The van der Waals surface area contributed by atoms with Crippen LogP contribution in [0.25, 0.3) is 0 Å². The third-order valence-corrected chi connectivity index (χ3v) is 3.02. The summed E-state index contributed by atoms with van der Waals surface area (Å²) in [4.78, 5) is 12.0. The van der Waals surface area contributed by atoms with Crippen LogP contribution >= 0.6 is 0 Å². The second-order valence-electron chi connectivity index (χ2n) is 5.59. The van der Waals surface area contributed by atoms with Crippen LogP contribution in [0, 0.1) is 18.2 Å². The third kappa shape index (κ3) is 3.53. The normalized spacial score (nSPS) is 13.2. The monoisotopic (exact) mass is 252 g/mol. The number of nitrogens with one attached hydrogen (secondary N) is 1. The maximum absolute atomic E-state index is 13.4. The summed E-state index contributed by atoms with van der Waals surface area (Å²) in [5.74, 6) is -0.665. The van der Waals surface area contributed by atoms with E-state index in [0.717, 1.165) is 0 Å². The number of rotatable bonds is 3. The molecule has 0 spiro atoms. The molecule has 1 rings (SSSR count). The molecule has 0 aliphatic carbocycles. The van der Waals surface area contributed by atoms with E-state index in [0.29, 0.717) is 17.7 Å². The minimum absolute atomic E-state index is 0.131. The zero-order valence-electron chi connectivity index (χ0n) is 11.4. The second-order valence-corrected chi connectivity index (χ2v) is 5.59. The zero-order valence-corrected chi connectivity index (χ0v) is 11.4. The van der Waals surface area contributed by atoms with E-state index in [-0.39, 0.29) is 23.2 Å². The topological polar surface area (TPSA) is 55.1 Å². The molecule has 4 heteroatoms. The number of carbonyl (C=O) groups excluding carboxylic acids is 1. The smallest absolute Gasteiger partial charge is 0.251 e. The molecule has 1 atom stereocenters. The van der Waals surface area contributed by atoms with Crippen LogP contribution in [0.1, 0.15) is 36.7 Å². The molecule has 0 saturated carbocycles. The lowest BCUT2D eigenvalue weighted by atomic mass is 9.86. The largest absolute Gasteiger partial charge is 0.348 e. The predicted molar refractivity (Wildman–Crippen MR) is 70.9 cm³/mol. The molecule has 1 aromatic rings. The van der Waals surface area contributed by atoms with Gasteiger partial charge in [0.15, 0.2) is 0 Å². The lowest BCUT2D eigenvalue weighted by molar-refractivity contribution is 0.0905. The summed E-state index contributed by atoms with van der Waals surface area (Å²) in [6, 6.07) is 4.32. The second kappa shape index (κ2) is 5.48. The van der Waals surface area contributed by atoms with Crippen LogP contribution in [0.3, 0.4) is 0 Å². The summed E-state index contributed by atoms with van der Waals surface area (Å²) in [6.07, 6.45) is 0. The molecule has 3 N–H and O–H groups in total. The van der Waals surface area contributed by atoms with E-state index in [1.807, 2.05) is 20.8 Å². The highest BCUT2D eigenvalue weighted by Crippen LogP contribution is 2.19. The van der Waals surface area contributed by atoms with Gasteiger partial charge in [0.25, 0.3) is 5.91 Å². The first-order valence-electron chi connectivity index (χ1n) is 6.02. The van der Waals surface area contributed by atoms with Crippen molar-refractivity contribution in [1.82, 2.24) is 5.32 Å².